The van der Waals surface area contributed by atoms with Crippen LogP contribution in [0.5, 0.6) is 11.5 Å². The lowest BCUT2D eigenvalue weighted by Gasteiger charge is -2.10. The maximum Gasteiger partial charge on any atom is 0.123 e. The van der Waals surface area contributed by atoms with E-state index < -0.39 is 0 Å². The van der Waals surface area contributed by atoms with Crippen molar-refractivity contribution in [3.05, 3.63) is 41.5 Å². The monoisotopic (exact) mass is 188 g/mol. The number of rotatable bonds is 1. The van der Waals surface area contributed by atoms with Gasteiger partial charge in [0.15, 0.2) is 0 Å². The molecule has 14 heavy (non-hydrogen) atoms. The fourth-order valence-electron chi connectivity index (χ4n) is 1.64. The van der Waals surface area contributed by atoms with Gasteiger partial charge >= 0.3 is 0 Å². The van der Waals surface area contributed by atoms with Crippen molar-refractivity contribution >= 4 is 6.08 Å². The number of ether oxygens (including phenoxy) is 1. The third-order valence-corrected chi connectivity index (χ3v) is 2.34. The minimum atomic E-state index is 0.306. The predicted octanol–water partition coefficient (Wildman–Crippen LogP) is 2.53. The van der Waals surface area contributed by atoms with Crippen LogP contribution in [-0.4, -0.2) is 12.2 Å². The van der Waals surface area contributed by atoms with Crippen molar-refractivity contribution in [1.29, 1.82) is 0 Å². The van der Waals surface area contributed by atoms with E-state index in [9.17, 15) is 5.11 Å². The first-order valence-corrected chi connectivity index (χ1v) is 4.55. The van der Waals surface area contributed by atoms with Crippen LogP contribution >= 0.6 is 0 Å². The summed E-state index contributed by atoms with van der Waals surface area (Å²) < 4.78 is 5.24. The summed E-state index contributed by atoms with van der Waals surface area (Å²) in [4.78, 5) is 0. The number of fused-ring (bicyclic) bond motifs is 1. The van der Waals surface area contributed by atoms with Crippen molar-refractivity contribution in [3.63, 3.8) is 0 Å². The van der Waals surface area contributed by atoms with Gasteiger partial charge in [-0.25, -0.2) is 0 Å². The number of hydrogen-bond acceptors (Lipinski definition) is 2. The molecule has 2 heteroatoms. The van der Waals surface area contributed by atoms with Crippen LogP contribution in [-0.2, 0) is 6.42 Å². The first-order chi connectivity index (χ1) is 6.83. The molecule has 0 bridgehead atoms. The van der Waals surface area contributed by atoms with E-state index in [4.69, 9.17) is 4.74 Å². The maximum absolute atomic E-state index is 9.67. The summed E-state index contributed by atoms with van der Waals surface area (Å²) in [5.74, 6) is 1.13. The zero-order chi connectivity index (χ0) is 9.97. The van der Waals surface area contributed by atoms with Crippen molar-refractivity contribution in [2.45, 2.75) is 6.42 Å². The number of aromatic hydroxyl groups is 1. The average molecular weight is 188 g/mol. The Morgan fingerprint density at radius 3 is 2.93 bits per heavy atom. The van der Waals surface area contributed by atoms with Crippen LogP contribution in [0.15, 0.2) is 30.4 Å². The first kappa shape index (κ1) is 8.88. The van der Waals surface area contributed by atoms with E-state index in [1.54, 1.807) is 19.2 Å². The lowest BCUT2D eigenvalue weighted by atomic mass is 10.0. The Morgan fingerprint density at radius 1 is 1.29 bits per heavy atom. The van der Waals surface area contributed by atoms with E-state index in [1.807, 2.05) is 24.3 Å². The van der Waals surface area contributed by atoms with Crippen LogP contribution in [0.4, 0.5) is 0 Å². The molecule has 0 heterocycles. The van der Waals surface area contributed by atoms with Gasteiger partial charge in [0.2, 0.25) is 0 Å². The molecule has 0 radical (unpaired) electrons. The minimum absolute atomic E-state index is 0.306. The summed E-state index contributed by atoms with van der Waals surface area (Å²) in [5.41, 5.74) is 1.90. The standard InChI is InChI=1S/C12H12O2/c1-14-12-8-7-11(13)9-5-3-2-4-6-10(9)12/h2-5,7-8,13H,6H2,1H3. The topological polar surface area (TPSA) is 29.5 Å². The van der Waals surface area contributed by atoms with Gasteiger partial charge < -0.3 is 9.84 Å². The Morgan fingerprint density at radius 2 is 2.14 bits per heavy atom. The van der Waals surface area contributed by atoms with Crippen molar-refractivity contribution in [2.75, 3.05) is 7.11 Å². The van der Waals surface area contributed by atoms with Gasteiger partial charge in [0.25, 0.3) is 0 Å². The van der Waals surface area contributed by atoms with Crippen LogP contribution in [0.3, 0.4) is 0 Å². The molecule has 0 spiro atoms. The first-order valence-electron chi connectivity index (χ1n) is 4.55. The molecule has 72 valence electrons. The normalized spacial score (nSPS) is 13.5. The highest BCUT2D eigenvalue weighted by atomic mass is 16.5. The molecule has 1 aromatic carbocycles. The number of phenolic OH excluding ortho intramolecular Hbond substituents is 1. The van der Waals surface area contributed by atoms with Crippen molar-refractivity contribution in [1.82, 2.24) is 0 Å². The molecule has 0 fully saturated rings. The van der Waals surface area contributed by atoms with E-state index in [-0.39, 0.29) is 0 Å². The fraction of sp³-hybridized carbons (Fsp3) is 0.167. The van der Waals surface area contributed by atoms with E-state index in [2.05, 4.69) is 0 Å². The molecule has 0 saturated carbocycles. The fourth-order valence-corrected chi connectivity index (χ4v) is 1.64. The summed E-state index contributed by atoms with van der Waals surface area (Å²) in [6, 6.07) is 3.45. The summed E-state index contributed by atoms with van der Waals surface area (Å²) in [6.07, 6.45) is 8.63. The molecule has 0 amide bonds. The molecular weight excluding hydrogens is 176 g/mol. The molecule has 2 nitrogen and oxygen atoms in total. The number of hydrogen-bond donors (Lipinski definition) is 1. The molecule has 0 aliphatic heterocycles. The highest BCUT2D eigenvalue weighted by Crippen LogP contribution is 2.32. The molecule has 1 aliphatic rings. The van der Waals surface area contributed by atoms with Gasteiger partial charge in [0.05, 0.1) is 7.11 Å². The summed E-state index contributed by atoms with van der Waals surface area (Å²) >= 11 is 0. The molecule has 1 aromatic rings. The molecule has 1 aliphatic carbocycles. The van der Waals surface area contributed by atoms with Gasteiger partial charge in [-0.2, -0.15) is 0 Å². The minimum Gasteiger partial charge on any atom is -0.507 e. The maximum atomic E-state index is 9.67. The van der Waals surface area contributed by atoms with Crippen molar-refractivity contribution in [2.24, 2.45) is 0 Å². The highest BCUT2D eigenvalue weighted by Gasteiger charge is 2.11. The number of methoxy groups -OCH3 is 1. The molecule has 1 N–H and O–H groups in total. The van der Waals surface area contributed by atoms with Crippen molar-refractivity contribution in [3.8, 4) is 11.5 Å². The predicted molar refractivity (Wildman–Crippen MR) is 56.5 cm³/mol. The zero-order valence-corrected chi connectivity index (χ0v) is 8.03. The molecule has 0 unspecified atom stereocenters. The number of phenols is 1. The molecule has 2 rings (SSSR count). The van der Waals surface area contributed by atoms with Gasteiger partial charge in [0.1, 0.15) is 11.5 Å². The Balaban J connectivity index is 2.62. The van der Waals surface area contributed by atoms with E-state index in [0.717, 1.165) is 23.3 Å². The van der Waals surface area contributed by atoms with Crippen molar-refractivity contribution < 1.29 is 9.84 Å². The van der Waals surface area contributed by atoms with Crippen LogP contribution in [0.2, 0.25) is 0 Å². The third kappa shape index (κ3) is 1.39. The number of allylic oxidation sites excluding steroid dienone is 3. The van der Waals surface area contributed by atoms with Gasteiger partial charge in [-0.3, -0.25) is 0 Å². The Hall–Kier alpha value is -1.70. The van der Waals surface area contributed by atoms with E-state index in [0.29, 0.717) is 5.75 Å². The quantitative estimate of drug-likeness (QED) is 0.733. The van der Waals surface area contributed by atoms with E-state index >= 15 is 0 Å². The lowest BCUT2D eigenvalue weighted by Crippen LogP contribution is -1.93. The second-order valence-corrected chi connectivity index (χ2v) is 3.17. The Labute approximate surface area is 83.1 Å². The summed E-state index contributed by atoms with van der Waals surface area (Å²) in [5, 5.41) is 9.67. The van der Waals surface area contributed by atoms with Gasteiger partial charge in [-0.15, -0.1) is 0 Å². The zero-order valence-electron chi connectivity index (χ0n) is 8.03. The third-order valence-electron chi connectivity index (χ3n) is 2.34. The summed E-state index contributed by atoms with van der Waals surface area (Å²) in [6.45, 7) is 0. The SMILES string of the molecule is COc1ccc(O)c2c1CC=CC=C2. The lowest BCUT2D eigenvalue weighted by molar-refractivity contribution is 0.407. The Kier molecular flexibility index (Phi) is 2.27. The summed E-state index contributed by atoms with van der Waals surface area (Å²) in [7, 11) is 1.64. The van der Waals surface area contributed by atoms with Crippen LogP contribution in [0.25, 0.3) is 6.08 Å². The smallest absolute Gasteiger partial charge is 0.123 e. The average Bonchev–Trinajstić information content (AvgIpc) is 2.44. The van der Waals surface area contributed by atoms with E-state index in [1.165, 1.54) is 0 Å². The molecule has 0 atom stereocenters. The number of benzene rings is 1. The van der Waals surface area contributed by atoms with Crippen LogP contribution < -0.4 is 4.74 Å². The van der Waals surface area contributed by atoms with Gasteiger partial charge in [-0.1, -0.05) is 24.3 Å². The molecular formula is C12H12O2. The van der Waals surface area contributed by atoms with Gasteiger partial charge in [0, 0.05) is 11.1 Å². The second-order valence-electron chi connectivity index (χ2n) is 3.17. The second kappa shape index (κ2) is 3.58. The highest BCUT2D eigenvalue weighted by molar-refractivity contribution is 5.66. The Bertz CT molecular complexity index is 403. The van der Waals surface area contributed by atoms with Gasteiger partial charge in [-0.05, 0) is 18.6 Å². The van der Waals surface area contributed by atoms with Crippen LogP contribution in [0.1, 0.15) is 11.1 Å². The van der Waals surface area contributed by atoms with Crippen LogP contribution in [0, 0.1) is 0 Å². The molecule has 0 aromatic heterocycles. The molecule has 0 saturated heterocycles. The largest absolute Gasteiger partial charge is 0.507 e.